The van der Waals surface area contributed by atoms with Crippen molar-refractivity contribution in [1.29, 1.82) is 0 Å². The molecule has 0 aromatic heterocycles. The molecule has 26 heavy (non-hydrogen) atoms. The van der Waals surface area contributed by atoms with E-state index in [4.69, 9.17) is 0 Å². The summed E-state index contributed by atoms with van der Waals surface area (Å²) >= 11 is 0. The first-order valence-corrected chi connectivity index (χ1v) is 8.25. The molecule has 1 aromatic rings. The lowest BCUT2D eigenvalue weighted by Crippen LogP contribution is -2.47. The molecule has 5 amide bonds. The van der Waals surface area contributed by atoms with Gasteiger partial charge in [-0.25, -0.2) is 9.69 Å². The van der Waals surface area contributed by atoms with Crippen molar-refractivity contribution in [3.8, 4) is 0 Å². The monoisotopic (exact) mass is 359 g/mol. The summed E-state index contributed by atoms with van der Waals surface area (Å²) < 4.78 is 0. The lowest BCUT2D eigenvalue weighted by molar-refractivity contribution is -0.144. The largest absolute Gasteiger partial charge is 0.344 e. The van der Waals surface area contributed by atoms with E-state index in [0.29, 0.717) is 11.3 Å². The van der Waals surface area contributed by atoms with Crippen molar-refractivity contribution in [3.63, 3.8) is 0 Å². The van der Waals surface area contributed by atoms with Gasteiger partial charge in [-0.15, -0.1) is 0 Å². The normalized spacial score (nSPS) is 15.6. The topological polar surface area (TPSA) is 104 Å². The maximum atomic E-state index is 12.2. The van der Waals surface area contributed by atoms with Crippen molar-refractivity contribution >= 4 is 29.5 Å². The molecule has 0 unspecified atom stereocenters. The Morgan fingerprint density at radius 1 is 1.04 bits per heavy atom. The third-order valence-electron chi connectivity index (χ3n) is 4.01. The van der Waals surface area contributed by atoms with Gasteiger partial charge in [0, 0.05) is 6.04 Å². The van der Waals surface area contributed by atoms with E-state index in [2.05, 4.69) is 5.32 Å². The van der Waals surface area contributed by atoms with Gasteiger partial charge in [-0.05, 0) is 32.8 Å². The molecule has 1 N–H and O–H groups in total. The smallest absolute Gasteiger partial charge is 0.334 e. The SMILES string of the molecule is CC(=O)[C@@H](Cc1ccccc1)NC(=O)CN1C(=O)C(=O)N(C(C)C)C1=O. The molecule has 1 heterocycles. The molecule has 1 atom stereocenters. The van der Waals surface area contributed by atoms with Gasteiger partial charge < -0.3 is 5.32 Å². The van der Waals surface area contributed by atoms with E-state index in [9.17, 15) is 24.0 Å². The highest BCUT2D eigenvalue weighted by molar-refractivity contribution is 6.45. The van der Waals surface area contributed by atoms with Crippen LogP contribution in [0.15, 0.2) is 30.3 Å². The molecule has 1 aliphatic rings. The van der Waals surface area contributed by atoms with Crippen LogP contribution in [-0.4, -0.2) is 58.0 Å². The fraction of sp³-hybridized carbons (Fsp3) is 0.389. The van der Waals surface area contributed by atoms with Crippen molar-refractivity contribution in [2.75, 3.05) is 6.54 Å². The Hall–Kier alpha value is -3.03. The molecule has 8 heteroatoms. The third kappa shape index (κ3) is 4.14. The van der Waals surface area contributed by atoms with Crippen molar-refractivity contribution in [2.24, 2.45) is 0 Å². The number of carbonyl (C=O) groups is 5. The van der Waals surface area contributed by atoms with Crippen LogP contribution in [0.1, 0.15) is 26.3 Å². The summed E-state index contributed by atoms with van der Waals surface area (Å²) in [5.74, 6) is -2.92. The summed E-state index contributed by atoms with van der Waals surface area (Å²) in [7, 11) is 0. The van der Waals surface area contributed by atoms with E-state index >= 15 is 0 Å². The van der Waals surface area contributed by atoms with Crippen LogP contribution in [-0.2, 0) is 25.6 Å². The first kappa shape index (κ1) is 19.3. The van der Waals surface area contributed by atoms with Gasteiger partial charge in [0.1, 0.15) is 6.54 Å². The molecule has 1 aromatic carbocycles. The number of rotatable bonds is 7. The second-order valence-corrected chi connectivity index (χ2v) is 6.36. The van der Waals surface area contributed by atoms with Gasteiger partial charge >= 0.3 is 17.8 Å². The number of urea groups is 1. The summed E-state index contributed by atoms with van der Waals surface area (Å²) in [6.45, 7) is 3.94. The maximum Gasteiger partial charge on any atom is 0.334 e. The van der Waals surface area contributed by atoms with E-state index in [1.165, 1.54) is 6.92 Å². The molecular weight excluding hydrogens is 338 g/mol. The lowest BCUT2D eigenvalue weighted by atomic mass is 10.0. The Balaban J connectivity index is 2.04. The maximum absolute atomic E-state index is 12.2. The zero-order chi connectivity index (χ0) is 19.4. The Bertz CT molecular complexity index is 744. The highest BCUT2D eigenvalue weighted by atomic mass is 16.2. The molecule has 1 saturated heterocycles. The standard InChI is InChI=1S/C18H21N3O5/c1-11(2)21-17(25)16(24)20(18(21)26)10-15(23)19-14(12(3)22)9-13-7-5-4-6-8-13/h4-8,11,14H,9-10H2,1-3H3,(H,19,23)/t14-/m1/s1. The fourth-order valence-electron chi connectivity index (χ4n) is 2.65. The van der Waals surface area contributed by atoms with Crippen LogP contribution in [0.2, 0.25) is 0 Å². The molecule has 0 radical (unpaired) electrons. The summed E-state index contributed by atoms with van der Waals surface area (Å²) in [6, 6.07) is 7.04. The summed E-state index contributed by atoms with van der Waals surface area (Å²) in [5.41, 5.74) is 0.863. The molecule has 0 bridgehead atoms. The van der Waals surface area contributed by atoms with Crippen LogP contribution in [0.3, 0.4) is 0 Å². The highest BCUT2D eigenvalue weighted by Gasteiger charge is 2.46. The lowest BCUT2D eigenvalue weighted by Gasteiger charge is -2.20. The highest BCUT2D eigenvalue weighted by Crippen LogP contribution is 2.15. The van der Waals surface area contributed by atoms with Gasteiger partial charge in [0.2, 0.25) is 5.91 Å². The summed E-state index contributed by atoms with van der Waals surface area (Å²) in [4.78, 5) is 61.4. The van der Waals surface area contributed by atoms with Gasteiger partial charge in [0.05, 0.1) is 6.04 Å². The van der Waals surface area contributed by atoms with Crippen LogP contribution >= 0.6 is 0 Å². The summed E-state index contributed by atoms with van der Waals surface area (Å²) in [5, 5.41) is 2.53. The van der Waals surface area contributed by atoms with Crippen LogP contribution < -0.4 is 5.32 Å². The first-order valence-electron chi connectivity index (χ1n) is 8.25. The van der Waals surface area contributed by atoms with Crippen LogP contribution in [0, 0.1) is 0 Å². The minimum Gasteiger partial charge on any atom is -0.344 e. The molecule has 0 aliphatic carbocycles. The number of imide groups is 2. The number of hydrogen-bond acceptors (Lipinski definition) is 5. The Kier molecular flexibility index (Phi) is 5.86. The van der Waals surface area contributed by atoms with Crippen LogP contribution in [0.4, 0.5) is 4.79 Å². The van der Waals surface area contributed by atoms with Crippen molar-refractivity contribution in [2.45, 2.75) is 39.3 Å². The summed E-state index contributed by atoms with van der Waals surface area (Å²) in [6.07, 6.45) is 0.293. The Labute approximate surface area is 151 Å². The van der Waals surface area contributed by atoms with E-state index in [-0.39, 0.29) is 5.78 Å². The minimum atomic E-state index is -1.04. The average Bonchev–Trinajstić information content (AvgIpc) is 2.78. The van der Waals surface area contributed by atoms with E-state index in [1.807, 2.05) is 30.3 Å². The van der Waals surface area contributed by atoms with Crippen molar-refractivity contribution in [1.82, 2.24) is 15.1 Å². The quantitative estimate of drug-likeness (QED) is 0.564. The third-order valence-corrected chi connectivity index (χ3v) is 4.01. The van der Waals surface area contributed by atoms with Crippen molar-refractivity contribution < 1.29 is 24.0 Å². The van der Waals surface area contributed by atoms with E-state index in [0.717, 1.165) is 10.5 Å². The number of hydrogen-bond donors (Lipinski definition) is 1. The second kappa shape index (κ2) is 7.90. The van der Waals surface area contributed by atoms with Crippen LogP contribution in [0.25, 0.3) is 0 Å². The van der Waals surface area contributed by atoms with E-state index in [1.54, 1.807) is 13.8 Å². The van der Waals surface area contributed by atoms with E-state index < -0.39 is 42.4 Å². The number of nitrogens with zero attached hydrogens (tertiary/aromatic N) is 2. The number of amides is 5. The predicted octanol–water partition coefficient (Wildman–Crippen LogP) is 0.502. The molecule has 0 spiro atoms. The van der Waals surface area contributed by atoms with Gasteiger partial charge in [-0.3, -0.25) is 24.1 Å². The number of nitrogens with one attached hydrogen (secondary N) is 1. The van der Waals surface area contributed by atoms with Gasteiger partial charge in [-0.2, -0.15) is 0 Å². The molecule has 0 saturated carbocycles. The zero-order valence-corrected chi connectivity index (χ0v) is 14.9. The Morgan fingerprint density at radius 2 is 1.65 bits per heavy atom. The number of carbonyl (C=O) groups excluding carboxylic acids is 5. The van der Waals surface area contributed by atoms with Crippen LogP contribution in [0.5, 0.6) is 0 Å². The molecule has 8 nitrogen and oxygen atoms in total. The fourth-order valence-corrected chi connectivity index (χ4v) is 2.65. The minimum absolute atomic E-state index is 0.249. The zero-order valence-electron chi connectivity index (χ0n) is 14.9. The predicted molar refractivity (Wildman–Crippen MR) is 91.8 cm³/mol. The van der Waals surface area contributed by atoms with Crippen molar-refractivity contribution in [3.05, 3.63) is 35.9 Å². The molecule has 1 fully saturated rings. The molecular formula is C18H21N3O5. The number of ketones is 1. The molecule has 1 aliphatic heterocycles. The number of benzene rings is 1. The number of Topliss-reactive ketones (excluding diaryl/α,β-unsaturated/α-hetero) is 1. The molecule has 2 rings (SSSR count). The Morgan fingerprint density at radius 3 is 2.15 bits per heavy atom. The van der Waals surface area contributed by atoms with Gasteiger partial charge in [-0.1, -0.05) is 30.3 Å². The second-order valence-electron chi connectivity index (χ2n) is 6.36. The van der Waals surface area contributed by atoms with Gasteiger partial charge in [0.15, 0.2) is 5.78 Å². The average molecular weight is 359 g/mol. The molecule has 138 valence electrons. The first-order chi connectivity index (χ1) is 12.2. The van der Waals surface area contributed by atoms with Gasteiger partial charge in [0.25, 0.3) is 0 Å².